The normalized spacial score (nSPS) is 18.5. The molecular weight excluding hydrogens is 320 g/mol. The van der Waals surface area contributed by atoms with E-state index in [9.17, 15) is 0 Å². The summed E-state index contributed by atoms with van der Waals surface area (Å²) in [6.45, 7) is 11.3. The summed E-state index contributed by atoms with van der Waals surface area (Å²) in [5.41, 5.74) is 1.62. The van der Waals surface area contributed by atoms with Crippen molar-refractivity contribution in [2.45, 2.75) is 111 Å². The summed E-state index contributed by atoms with van der Waals surface area (Å²) in [6.07, 6.45) is 11.1. The van der Waals surface area contributed by atoms with Crippen LogP contribution in [0.15, 0.2) is 24.3 Å². The van der Waals surface area contributed by atoms with Gasteiger partial charge in [0.2, 0.25) is 6.29 Å². The molecule has 1 aliphatic rings. The number of hydrogen-bond donors (Lipinski definition) is 0. The molecule has 2 rings (SSSR count). The summed E-state index contributed by atoms with van der Waals surface area (Å²) in [7, 11) is 0. The Kier molecular flexibility index (Phi) is 8.47. The van der Waals surface area contributed by atoms with Crippen LogP contribution in [0.4, 0.5) is 0 Å². The summed E-state index contributed by atoms with van der Waals surface area (Å²) in [6, 6.07) is 8.75. The van der Waals surface area contributed by atoms with Crippen LogP contribution >= 0.6 is 0 Å². The SMILES string of the molecule is CCCC(CC)c1ccc(OC(CC(C)(C)C)OC2CCCCC2)cc1. The lowest BCUT2D eigenvalue weighted by Gasteiger charge is -2.31. The van der Waals surface area contributed by atoms with Gasteiger partial charge in [0.15, 0.2) is 0 Å². The second-order valence-electron chi connectivity index (χ2n) is 9.17. The molecule has 0 radical (unpaired) electrons. The first kappa shape index (κ1) is 21.3. The van der Waals surface area contributed by atoms with Gasteiger partial charge in [0.05, 0.1) is 6.10 Å². The van der Waals surface area contributed by atoms with Gasteiger partial charge >= 0.3 is 0 Å². The van der Waals surface area contributed by atoms with Gasteiger partial charge < -0.3 is 9.47 Å². The van der Waals surface area contributed by atoms with Crippen molar-refractivity contribution in [2.24, 2.45) is 5.41 Å². The van der Waals surface area contributed by atoms with Crippen LogP contribution in [0.3, 0.4) is 0 Å². The van der Waals surface area contributed by atoms with Gasteiger partial charge in [-0.3, -0.25) is 0 Å². The predicted octanol–water partition coefficient (Wildman–Crippen LogP) is 7.47. The fourth-order valence-corrected chi connectivity index (χ4v) is 3.96. The van der Waals surface area contributed by atoms with Crippen LogP contribution in [-0.4, -0.2) is 12.4 Å². The Morgan fingerprint density at radius 1 is 1.00 bits per heavy atom. The highest BCUT2D eigenvalue weighted by Crippen LogP contribution is 2.30. The zero-order chi connectivity index (χ0) is 19.0. The quantitative estimate of drug-likeness (QED) is 0.425. The lowest BCUT2D eigenvalue weighted by atomic mass is 9.91. The van der Waals surface area contributed by atoms with E-state index in [4.69, 9.17) is 9.47 Å². The highest BCUT2D eigenvalue weighted by Gasteiger charge is 2.25. The zero-order valence-electron chi connectivity index (χ0n) is 17.7. The third-order valence-corrected chi connectivity index (χ3v) is 5.42. The average molecular weight is 361 g/mol. The van der Waals surface area contributed by atoms with E-state index >= 15 is 0 Å². The number of ether oxygens (including phenoxy) is 2. The highest BCUT2D eigenvalue weighted by atomic mass is 16.7. The molecule has 1 fully saturated rings. The molecule has 148 valence electrons. The molecule has 0 bridgehead atoms. The largest absolute Gasteiger partial charge is 0.465 e. The van der Waals surface area contributed by atoms with Gasteiger partial charge in [-0.2, -0.15) is 0 Å². The average Bonchev–Trinajstić information content (AvgIpc) is 2.60. The van der Waals surface area contributed by atoms with Crippen molar-refractivity contribution in [3.05, 3.63) is 29.8 Å². The molecule has 2 unspecified atom stereocenters. The standard InChI is InChI=1S/C24H40O2/c1-6-11-19(7-2)20-14-16-22(17-15-20)26-23(18-24(3,4)5)25-21-12-9-8-10-13-21/h14-17,19,21,23H,6-13,18H2,1-5H3. The predicted molar refractivity (Wildman–Crippen MR) is 111 cm³/mol. The van der Waals surface area contributed by atoms with Gasteiger partial charge in [0, 0.05) is 6.42 Å². The Labute approximate surface area is 161 Å². The first-order valence-electron chi connectivity index (χ1n) is 10.8. The van der Waals surface area contributed by atoms with Gasteiger partial charge in [-0.25, -0.2) is 0 Å². The Hall–Kier alpha value is -1.02. The first-order valence-corrected chi connectivity index (χ1v) is 10.8. The summed E-state index contributed by atoms with van der Waals surface area (Å²) in [5, 5.41) is 0. The smallest absolute Gasteiger partial charge is 0.200 e. The van der Waals surface area contributed by atoms with Gasteiger partial charge in [-0.15, -0.1) is 0 Å². The van der Waals surface area contributed by atoms with E-state index in [0.717, 1.165) is 12.2 Å². The monoisotopic (exact) mass is 360 g/mol. The van der Waals surface area contributed by atoms with Crippen molar-refractivity contribution in [2.75, 3.05) is 0 Å². The summed E-state index contributed by atoms with van der Waals surface area (Å²) in [4.78, 5) is 0. The Bertz CT molecular complexity index is 494. The van der Waals surface area contributed by atoms with Crippen LogP contribution in [0.25, 0.3) is 0 Å². The van der Waals surface area contributed by atoms with E-state index in [2.05, 4.69) is 58.9 Å². The third-order valence-electron chi connectivity index (χ3n) is 5.42. The van der Waals surface area contributed by atoms with E-state index in [1.165, 1.54) is 56.9 Å². The molecule has 2 nitrogen and oxygen atoms in total. The van der Waals surface area contributed by atoms with Crippen molar-refractivity contribution in [1.82, 2.24) is 0 Å². The van der Waals surface area contributed by atoms with Gasteiger partial charge in [0.25, 0.3) is 0 Å². The fourth-order valence-electron chi connectivity index (χ4n) is 3.96. The van der Waals surface area contributed by atoms with Crippen molar-refractivity contribution in [3.63, 3.8) is 0 Å². The second kappa shape index (κ2) is 10.3. The van der Waals surface area contributed by atoms with Gasteiger partial charge in [-0.05, 0) is 54.7 Å². The lowest BCUT2D eigenvalue weighted by molar-refractivity contribution is -0.142. The molecule has 0 aromatic heterocycles. The van der Waals surface area contributed by atoms with E-state index in [1.807, 2.05) is 0 Å². The van der Waals surface area contributed by atoms with Crippen molar-refractivity contribution in [1.29, 1.82) is 0 Å². The Balaban J connectivity index is 2.01. The van der Waals surface area contributed by atoms with Crippen LogP contribution < -0.4 is 4.74 Å². The van der Waals surface area contributed by atoms with E-state index in [0.29, 0.717) is 12.0 Å². The van der Waals surface area contributed by atoms with Crippen molar-refractivity contribution in [3.8, 4) is 5.75 Å². The minimum absolute atomic E-state index is 0.151. The molecule has 1 aliphatic carbocycles. The van der Waals surface area contributed by atoms with Crippen LogP contribution in [-0.2, 0) is 4.74 Å². The third kappa shape index (κ3) is 7.31. The molecule has 0 saturated heterocycles. The van der Waals surface area contributed by atoms with Gasteiger partial charge in [0.1, 0.15) is 5.75 Å². The molecule has 0 aliphatic heterocycles. The lowest BCUT2D eigenvalue weighted by Crippen LogP contribution is -2.32. The Morgan fingerprint density at radius 3 is 2.19 bits per heavy atom. The molecule has 2 atom stereocenters. The molecule has 2 heteroatoms. The summed E-state index contributed by atoms with van der Waals surface area (Å²) >= 11 is 0. The van der Waals surface area contributed by atoms with E-state index in [1.54, 1.807) is 0 Å². The molecule has 0 spiro atoms. The molecule has 0 heterocycles. The molecule has 1 saturated carbocycles. The molecule has 1 aromatic rings. The maximum Gasteiger partial charge on any atom is 0.200 e. The Morgan fingerprint density at radius 2 is 1.65 bits per heavy atom. The van der Waals surface area contributed by atoms with E-state index < -0.39 is 0 Å². The van der Waals surface area contributed by atoms with Crippen LogP contribution in [0, 0.1) is 5.41 Å². The molecular formula is C24H40O2. The topological polar surface area (TPSA) is 18.5 Å². The van der Waals surface area contributed by atoms with Crippen LogP contribution in [0.2, 0.25) is 0 Å². The van der Waals surface area contributed by atoms with Crippen LogP contribution in [0.1, 0.15) is 104 Å². The van der Waals surface area contributed by atoms with Crippen molar-refractivity contribution >= 4 is 0 Å². The minimum atomic E-state index is -0.151. The zero-order valence-corrected chi connectivity index (χ0v) is 17.7. The molecule has 0 N–H and O–H groups in total. The minimum Gasteiger partial charge on any atom is -0.465 e. The molecule has 1 aromatic carbocycles. The summed E-state index contributed by atoms with van der Waals surface area (Å²) < 4.78 is 12.7. The molecule has 26 heavy (non-hydrogen) atoms. The highest BCUT2D eigenvalue weighted by molar-refractivity contribution is 5.29. The summed E-state index contributed by atoms with van der Waals surface area (Å²) in [5.74, 6) is 1.60. The second-order valence-corrected chi connectivity index (χ2v) is 9.17. The van der Waals surface area contributed by atoms with Gasteiger partial charge in [-0.1, -0.05) is 72.4 Å². The maximum absolute atomic E-state index is 6.39. The van der Waals surface area contributed by atoms with E-state index in [-0.39, 0.29) is 11.7 Å². The van der Waals surface area contributed by atoms with Crippen molar-refractivity contribution < 1.29 is 9.47 Å². The number of hydrogen-bond acceptors (Lipinski definition) is 2. The molecule has 0 amide bonds. The van der Waals surface area contributed by atoms with Crippen LogP contribution in [0.5, 0.6) is 5.75 Å². The maximum atomic E-state index is 6.39. The number of benzene rings is 1. The first-order chi connectivity index (χ1) is 12.4. The number of rotatable bonds is 9. The fraction of sp³-hybridized carbons (Fsp3) is 0.750.